The van der Waals surface area contributed by atoms with Crippen LogP contribution in [0.5, 0.6) is 5.75 Å². The first-order chi connectivity index (χ1) is 14.4. The van der Waals surface area contributed by atoms with Gasteiger partial charge in [-0.25, -0.2) is 9.82 Å². The van der Waals surface area contributed by atoms with Gasteiger partial charge in [0.2, 0.25) is 0 Å². The highest BCUT2D eigenvalue weighted by Gasteiger charge is 2.11. The van der Waals surface area contributed by atoms with Crippen LogP contribution in [0.15, 0.2) is 53.6 Å². The monoisotopic (exact) mass is 415 g/mol. The standard InChI is InChI=1S/C22H26FN3O4/c1-16(2)29-13-3-12-24-21(27)22(28)26-25-14-17-6-10-20(11-7-17)30-15-18-4-8-19(23)9-5-18/h4-11,14,16H,3,12-13,15H2,1-2H3,(H,24,27)(H,26,28)/b25-14-. The molecule has 8 heteroatoms. The molecule has 0 bridgehead atoms. The molecule has 0 aliphatic rings. The fraction of sp³-hybridized carbons (Fsp3) is 0.318. The summed E-state index contributed by atoms with van der Waals surface area (Å²) in [5.74, 6) is -1.24. The molecule has 7 nitrogen and oxygen atoms in total. The van der Waals surface area contributed by atoms with E-state index < -0.39 is 11.8 Å². The van der Waals surface area contributed by atoms with Crippen molar-refractivity contribution in [3.63, 3.8) is 0 Å². The summed E-state index contributed by atoms with van der Waals surface area (Å²) in [5, 5.41) is 6.28. The molecule has 2 rings (SSSR count). The van der Waals surface area contributed by atoms with Gasteiger partial charge < -0.3 is 14.8 Å². The second kappa shape index (κ2) is 12.3. The van der Waals surface area contributed by atoms with Crippen molar-refractivity contribution in [3.8, 4) is 5.75 Å². The molecule has 2 aromatic carbocycles. The molecule has 0 aromatic heterocycles. The Hall–Kier alpha value is -3.26. The number of benzene rings is 2. The number of rotatable bonds is 10. The second-order valence-corrected chi connectivity index (χ2v) is 6.71. The normalized spacial score (nSPS) is 10.9. The van der Waals surface area contributed by atoms with Crippen LogP contribution in [0.2, 0.25) is 0 Å². The number of amides is 2. The smallest absolute Gasteiger partial charge is 0.329 e. The highest BCUT2D eigenvalue weighted by Crippen LogP contribution is 2.13. The minimum atomic E-state index is -0.838. The molecule has 0 aliphatic heterocycles. The highest BCUT2D eigenvalue weighted by molar-refractivity contribution is 6.35. The number of carbonyl (C=O) groups excluding carboxylic acids is 2. The van der Waals surface area contributed by atoms with Crippen LogP contribution in [0, 0.1) is 5.82 Å². The Bertz CT molecular complexity index is 836. The molecule has 2 aromatic rings. The lowest BCUT2D eigenvalue weighted by Crippen LogP contribution is -2.38. The molecule has 0 atom stereocenters. The summed E-state index contributed by atoms with van der Waals surface area (Å²) in [6, 6.07) is 13.1. The third-order valence-electron chi connectivity index (χ3n) is 3.84. The number of hydrogen-bond donors (Lipinski definition) is 2. The van der Waals surface area contributed by atoms with E-state index in [1.54, 1.807) is 36.4 Å². The van der Waals surface area contributed by atoms with Crippen molar-refractivity contribution in [2.24, 2.45) is 5.10 Å². The number of hydrazone groups is 1. The summed E-state index contributed by atoms with van der Waals surface area (Å²) in [4.78, 5) is 23.3. The van der Waals surface area contributed by atoms with Gasteiger partial charge >= 0.3 is 11.8 Å². The molecule has 0 saturated heterocycles. The molecule has 0 fully saturated rings. The van der Waals surface area contributed by atoms with Gasteiger partial charge in [0.05, 0.1) is 12.3 Å². The molecule has 0 saturated carbocycles. The van der Waals surface area contributed by atoms with Crippen LogP contribution < -0.4 is 15.5 Å². The van der Waals surface area contributed by atoms with Crippen molar-refractivity contribution in [2.75, 3.05) is 13.2 Å². The van der Waals surface area contributed by atoms with Gasteiger partial charge in [-0.15, -0.1) is 0 Å². The van der Waals surface area contributed by atoms with Crippen LogP contribution in [-0.2, 0) is 20.9 Å². The zero-order valence-electron chi connectivity index (χ0n) is 17.1. The Labute approximate surface area is 175 Å². The number of carbonyl (C=O) groups is 2. The van der Waals surface area contributed by atoms with E-state index in [2.05, 4.69) is 15.8 Å². The van der Waals surface area contributed by atoms with E-state index in [1.165, 1.54) is 18.3 Å². The summed E-state index contributed by atoms with van der Waals surface area (Å²) < 4.78 is 23.9. The zero-order chi connectivity index (χ0) is 21.8. The molecule has 30 heavy (non-hydrogen) atoms. The van der Waals surface area contributed by atoms with Gasteiger partial charge in [-0.05, 0) is 67.8 Å². The average Bonchev–Trinajstić information content (AvgIpc) is 2.73. The van der Waals surface area contributed by atoms with Crippen molar-refractivity contribution in [1.82, 2.24) is 10.7 Å². The number of halogens is 1. The Morgan fingerprint density at radius 3 is 2.43 bits per heavy atom. The molecular weight excluding hydrogens is 389 g/mol. The van der Waals surface area contributed by atoms with E-state index in [1.807, 2.05) is 13.8 Å². The van der Waals surface area contributed by atoms with Crippen LogP contribution in [0.4, 0.5) is 4.39 Å². The molecule has 0 aliphatic carbocycles. The molecule has 0 unspecified atom stereocenters. The number of nitrogens with one attached hydrogen (secondary N) is 2. The van der Waals surface area contributed by atoms with E-state index in [4.69, 9.17) is 9.47 Å². The zero-order valence-corrected chi connectivity index (χ0v) is 17.1. The van der Waals surface area contributed by atoms with Crippen LogP contribution in [-0.4, -0.2) is 37.3 Å². The van der Waals surface area contributed by atoms with Crippen LogP contribution in [0.1, 0.15) is 31.4 Å². The maximum atomic E-state index is 12.9. The predicted octanol–water partition coefficient (Wildman–Crippen LogP) is 2.79. The van der Waals surface area contributed by atoms with Crippen molar-refractivity contribution >= 4 is 18.0 Å². The first kappa shape index (κ1) is 23.0. The topological polar surface area (TPSA) is 89.0 Å². The Morgan fingerprint density at radius 2 is 1.77 bits per heavy atom. The first-order valence-electron chi connectivity index (χ1n) is 9.64. The Kier molecular flexibility index (Phi) is 9.47. The summed E-state index contributed by atoms with van der Waals surface area (Å²) in [6.07, 6.45) is 2.18. The van der Waals surface area contributed by atoms with Crippen LogP contribution in [0.25, 0.3) is 0 Å². The molecule has 0 heterocycles. The van der Waals surface area contributed by atoms with Crippen molar-refractivity contribution < 1.29 is 23.5 Å². The lowest BCUT2D eigenvalue weighted by Gasteiger charge is -2.07. The quantitative estimate of drug-likeness (QED) is 0.270. The molecule has 2 N–H and O–H groups in total. The van der Waals surface area contributed by atoms with Crippen molar-refractivity contribution in [2.45, 2.75) is 33.0 Å². The van der Waals surface area contributed by atoms with Gasteiger partial charge in [-0.1, -0.05) is 12.1 Å². The summed E-state index contributed by atoms with van der Waals surface area (Å²) in [5.41, 5.74) is 3.76. The van der Waals surface area contributed by atoms with Gasteiger partial charge in [0.15, 0.2) is 0 Å². The van der Waals surface area contributed by atoms with E-state index in [0.29, 0.717) is 31.9 Å². The summed E-state index contributed by atoms with van der Waals surface area (Å²) >= 11 is 0. The second-order valence-electron chi connectivity index (χ2n) is 6.71. The Balaban J connectivity index is 1.69. The lowest BCUT2D eigenvalue weighted by molar-refractivity contribution is -0.139. The number of nitrogens with zero attached hydrogens (tertiary/aromatic N) is 1. The fourth-order valence-corrected chi connectivity index (χ4v) is 2.29. The van der Waals surface area contributed by atoms with E-state index >= 15 is 0 Å². The van der Waals surface area contributed by atoms with Gasteiger partial charge in [0.25, 0.3) is 0 Å². The minimum Gasteiger partial charge on any atom is -0.489 e. The largest absolute Gasteiger partial charge is 0.489 e. The van der Waals surface area contributed by atoms with Crippen LogP contribution in [0.3, 0.4) is 0 Å². The molecule has 0 radical (unpaired) electrons. The summed E-state index contributed by atoms with van der Waals surface area (Å²) in [7, 11) is 0. The molecular formula is C22H26FN3O4. The maximum absolute atomic E-state index is 12.9. The molecule has 2 amide bonds. The highest BCUT2D eigenvalue weighted by atomic mass is 19.1. The third-order valence-corrected chi connectivity index (χ3v) is 3.84. The molecule has 160 valence electrons. The SMILES string of the molecule is CC(C)OCCCNC(=O)C(=O)N/N=C\c1ccc(OCc2ccc(F)cc2)cc1. The van der Waals surface area contributed by atoms with Crippen LogP contribution >= 0.6 is 0 Å². The average molecular weight is 415 g/mol. The predicted molar refractivity (Wildman–Crippen MR) is 112 cm³/mol. The maximum Gasteiger partial charge on any atom is 0.329 e. The van der Waals surface area contributed by atoms with Crippen molar-refractivity contribution in [1.29, 1.82) is 0 Å². The minimum absolute atomic E-state index is 0.133. The summed E-state index contributed by atoms with van der Waals surface area (Å²) in [6.45, 7) is 5.04. The third kappa shape index (κ3) is 8.83. The first-order valence-corrected chi connectivity index (χ1v) is 9.64. The lowest BCUT2D eigenvalue weighted by atomic mass is 10.2. The van der Waals surface area contributed by atoms with E-state index in [9.17, 15) is 14.0 Å². The Morgan fingerprint density at radius 1 is 1.07 bits per heavy atom. The van der Waals surface area contributed by atoms with Gasteiger partial charge in [0.1, 0.15) is 18.2 Å². The van der Waals surface area contributed by atoms with Crippen molar-refractivity contribution in [3.05, 3.63) is 65.5 Å². The van der Waals surface area contributed by atoms with Gasteiger partial charge in [0, 0.05) is 13.2 Å². The molecule has 0 spiro atoms. The van der Waals surface area contributed by atoms with E-state index in [0.717, 1.165) is 11.1 Å². The van der Waals surface area contributed by atoms with Gasteiger partial charge in [-0.3, -0.25) is 9.59 Å². The van der Waals surface area contributed by atoms with Gasteiger partial charge in [-0.2, -0.15) is 5.10 Å². The van der Waals surface area contributed by atoms with E-state index in [-0.39, 0.29) is 11.9 Å². The fourth-order valence-electron chi connectivity index (χ4n) is 2.29. The number of ether oxygens (including phenoxy) is 2. The number of hydrogen-bond acceptors (Lipinski definition) is 5.